The molecule has 3 heterocycles. The number of rotatable bonds is 3. The lowest BCUT2D eigenvalue weighted by molar-refractivity contribution is 0.0169. The summed E-state index contributed by atoms with van der Waals surface area (Å²) in [4.78, 5) is 21.0. The summed E-state index contributed by atoms with van der Waals surface area (Å²) in [6, 6.07) is 3.60. The van der Waals surface area contributed by atoms with Crippen LogP contribution < -0.4 is 11.1 Å². The molecule has 2 atom stereocenters. The third-order valence-corrected chi connectivity index (χ3v) is 7.76. The van der Waals surface area contributed by atoms with E-state index in [2.05, 4.69) is 15.2 Å². The van der Waals surface area contributed by atoms with Crippen LogP contribution in [-0.2, 0) is 10.2 Å². The number of fused-ring (bicyclic) bond motifs is 2. The van der Waals surface area contributed by atoms with Crippen LogP contribution in [0.2, 0.25) is 5.02 Å². The molecular weight excluding hydrogens is 445 g/mol. The second-order valence-corrected chi connectivity index (χ2v) is 9.86. The molecule has 1 amide bonds. The zero-order chi connectivity index (χ0) is 23.3. The van der Waals surface area contributed by atoms with Crippen LogP contribution in [0.5, 0.6) is 0 Å². The number of anilines is 2. The zero-order valence-electron chi connectivity index (χ0n) is 19.0. The first-order valence-electron chi connectivity index (χ1n) is 11.4. The first-order valence-corrected chi connectivity index (χ1v) is 11.7. The molecule has 9 heteroatoms. The molecule has 1 aromatic heterocycles. The molecule has 33 heavy (non-hydrogen) atoms. The highest BCUT2D eigenvalue weighted by Gasteiger charge is 2.48. The molecule has 5 rings (SSSR count). The van der Waals surface area contributed by atoms with Crippen molar-refractivity contribution in [2.24, 2.45) is 0 Å². The fourth-order valence-corrected chi connectivity index (χ4v) is 6.06. The summed E-state index contributed by atoms with van der Waals surface area (Å²) in [5.74, 6) is -0.388. The van der Waals surface area contributed by atoms with Crippen molar-refractivity contribution in [3.63, 3.8) is 0 Å². The summed E-state index contributed by atoms with van der Waals surface area (Å²) in [5.41, 5.74) is 7.47. The number of morpholine rings is 1. The Hall–Kier alpha value is -2.42. The maximum atomic E-state index is 15.6. The predicted octanol–water partition coefficient (Wildman–Crippen LogP) is 3.37. The molecule has 3 N–H and O–H groups in total. The minimum Gasteiger partial charge on any atom is -0.398 e. The molecule has 2 aromatic rings. The Labute approximate surface area is 198 Å². The Balaban J connectivity index is 1.54. The number of aromatic nitrogens is 1. The van der Waals surface area contributed by atoms with E-state index >= 15 is 4.39 Å². The predicted molar refractivity (Wildman–Crippen MR) is 127 cm³/mol. The molecule has 2 fully saturated rings. The molecule has 1 saturated heterocycles. The highest BCUT2D eigenvalue weighted by Crippen LogP contribution is 2.53. The Bertz CT molecular complexity index is 1100. The molecule has 1 aromatic carbocycles. The monoisotopic (exact) mass is 473 g/mol. The third kappa shape index (κ3) is 3.64. The van der Waals surface area contributed by atoms with E-state index in [0.29, 0.717) is 16.6 Å². The van der Waals surface area contributed by atoms with E-state index < -0.39 is 11.7 Å². The summed E-state index contributed by atoms with van der Waals surface area (Å²) in [5, 5.41) is 3.93. The van der Waals surface area contributed by atoms with Crippen LogP contribution in [0.25, 0.3) is 11.1 Å². The van der Waals surface area contributed by atoms with Gasteiger partial charge in [0, 0.05) is 73.8 Å². The standard InChI is InChI=1S/C24H29ClFN5O2/c1-30(2)23(32)18-17(27)4-3-15(21(18)26)16-12-28-22-19(20(16)25)24(13-29-22)6-5-14(11-24)31-7-9-33-10-8-31/h3-4,12,14H,5-11,13,27H2,1-2H3,(H,28,29)/t14-,24-/m1/s1. The Morgan fingerprint density at radius 2 is 2.09 bits per heavy atom. The fraction of sp³-hybridized carbons (Fsp3) is 0.500. The number of ether oxygens (including phenoxy) is 1. The van der Waals surface area contributed by atoms with Gasteiger partial charge in [0.1, 0.15) is 11.6 Å². The summed E-state index contributed by atoms with van der Waals surface area (Å²) < 4.78 is 21.1. The number of carbonyl (C=O) groups is 1. The Kier molecular flexibility index (Phi) is 5.71. The van der Waals surface area contributed by atoms with Crippen LogP contribution in [-0.4, -0.2) is 73.7 Å². The molecule has 0 radical (unpaired) electrons. The number of nitrogens with one attached hydrogen (secondary N) is 1. The molecule has 1 saturated carbocycles. The van der Waals surface area contributed by atoms with Crippen LogP contribution in [0, 0.1) is 5.82 Å². The summed E-state index contributed by atoms with van der Waals surface area (Å²) >= 11 is 6.99. The lowest BCUT2D eigenvalue weighted by atomic mass is 9.80. The number of pyridine rings is 1. The average Bonchev–Trinajstić information content (AvgIpc) is 3.40. The van der Waals surface area contributed by atoms with Gasteiger partial charge in [0.2, 0.25) is 0 Å². The van der Waals surface area contributed by atoms with Crippen LogP contribution in [0.3, 0.4) is 0 Å². The minimum atomic E-state index is -0.671. The lowest BCUT2D eigenvalue weighted by Crippen LogP contribution is -2.43. The number of amides is 1. The number of nitrogen functional groups attached to an aromatic ring is 1. The largest absolute Gasteiger partial charge is 0.398 e. The van der Waals surface area contributed by atoms with E-state index in [4.69, 9.17) is 22.1 Å². The van der Waals surface area contributed by atoms with Crippen molar-refractivity contribution >= 4 is 29.0 Å². The van der Waals surface area contributed by atoms with Crippen LogP contribution in [0.4, 0.5) is 15.9 Å². The smallest absolute Gasteiger partial charge is 0.258 e. The second-order valence-electron chi connectivity index (χ2n) is 9.48. The van der Waals surface area contributed by atoms with Gasteiger partial charge in [0.05, 0.1) is 23.8 Å². The minimum absolute atomic E-state index is 0.0995. The molecule has 0 unspecified atom stereocenters. The Morgan fingerprint density at radius 3 is 2.82 bits per heavy atom. The fourth-order valence-electron chi connectivity index (χ4n) is 5.62. The molecule has 3 aliphatic rings. The highest BCUT2D eigenvalue weighted by atomic mass is 35.5. The molecule has 2 aliphatic heterocycles. The van der Waals surface area contributed by atoms with Gasteiger partial charge >= 0.3 is 0 Å². The SMILES string of the molecule is CN(C)C(=O)c1c(N)ccc(-c2cnc3c(c2Cl)[C@@]2(CC[C@@H](N4CCOCC4)C2)CN3)c1F. The van der Waals surface area contributed by atoms with Crippen molar-refractivity contribution in [2.75, 3.05) is 58.0 Å². The molecule has 176 valence electrons. The van der Waals surface area contributed by atoms with Gasteiger partial charge in [-0.2, -0.15) is 0 Å². The maximum absolute atomic E-state index is 15.6. The lowest BCUT2D eigenvalue weighted by Gasteiger charge is -2.33. The molecular formula is C24H29ClFN5O2. The summed E-state index contributed by atoms with van der Waals surface area (Å²) in [6.45, 7) is 4.22. The first kappa shape index (κ1) is 22.4. The number of benzene rings is 1. The van der Waals surface area contributed by atoms with E-state index in [0.717, 1.165) is 63.5 Å². The van der Waals surface area contributed by atoms with Crippen molar-refractivity contribution in [2.45, 2.75) is 30.7 Å². The van der Waals surface area contributed by atoms with Gasteiger partial charge in [-0.05, 0) is 31.4 Å². The molecule has 0 bridgehead atoms. The van der Waals surface area contributed by atoms with Gasteiger partial charge in [-0.25, -0.2) is 9.37 Å². The topological polar surface area (TPSA) is 83.7 Å². The van der Waals surface area contributed by atoms with Gasteiger partial charge < -0.3 is 20.7 Å². The quantitative estimate of drug-likeness (QED) is 0.665. The van der Waals surface area contributed by atoms with E-state index in [1.54, 1.807) is 32.4 Å². The van der Waals surface area contributed by atoms with Crippen LogP contribution in [0.1, 0.15) is 35.2 Å². The van der Waals surface area contributed by atoms with E-state index in [-0.39, 0.29) is 22.2 Å². The van der Waals surface area contributed by atoms with E-state index in [1.165, 1.54) is 4.90 Å². The summed E-state index contributed by atoms with van der Waals surface area (Å²) in [7, 11) is 3.14. The average molecular weight is 474 g/mol. The van der Waals surface area contributed by atoms with Crippen molar-refractivity contribution in [3.8, 4) is 11.1 Å². The van der Waals surface area contributed by atoms with Crippen molar-refractivity contribution in [3.05, 3.63) is 40.3 Å². The first-order chi connectivity index (χ1) is 15.8. The van der Waals surface area contributed by atoms with Gasteiger partial charge in [-0.3, -0.25) is 9.69 Å². The number of carbonyl (C=O) groups excluding carboxylic acids is 1. The van der Waals surface area contributed by atoms with Gasteiger partial charge in [0.25, 0.3) is 5.91 Å². The van der Waals surface area contributed by atoms with Crippen LogP contribution in [0.15, 0.2) is 18.3 Å². The number of hydrogen-bond acceptors (Lipinski definition) is 6. The summed E-state index contributed by atoms with van der Waals surface area (Å²) in [6.07, 6.45) is 4.64. The Morgan fingerprint density at radius 1 is 1.33 bits per heavy atom. The number of hydrogen-bond donors (Lipinski definition) is 2. The molecule has 7 nitrogen and oxygen atoms in total. The van der Waals surface area contributed by atoms with Crippen LogP contribution >= 0.6 is 11.6 Å². The highest BCUT2D eigenvalue weighted by molar-refractivity contribution is 6.34. The number of nitrogens with zero attached hydrogens (tertiary/aromatic N) is 3. The molecule has 1 spiro atoms. The third-order valence-electron chi connectivity index (χ3n) is 7.37. The maximum Gasteiger partial charge on any atom is 0.258 e. The number of halogens is 2. The number of nitrogens with two attached hydrogens (primary N) is 1. The van der Waals surface area contributed by atoms with Gasteiger partial charge in [-0.1, -0.05) is 11.6 Å². The van der Waals surface area contributed by atoms with Crippen molar-refractivity contribution in [1.29, 1.82) is 0 Å². The van der Waals surface area contributed by atoms with E-state index in [9.17, 15) is 4.79 Å². The van der Waals surface area contributed by atoms with Crippen molar-refractivity contribution in [1.82, 2.24) is 14.8 Å². The van der Waals surface area contributed by atoms with E-state index in [1.807, 2.05) is 0 Å². The second kappa shape index (κ2) is 8.42. The molecule has 1 aliphatic carbocycles. The normalized spacial score (nSPS) is 24.7. The van der Waals surface area contributed by atoms with Gasteiger partial charge in [-0.15, -0.1) is 0 Å². The van der Waals surface area contributed by atoms with Gasteiger partial charge in [0.15, 0.2) is 0 Å². The zero-order valence-corrected chi connectivity index (χ0v) is 19.7. The van der Waals surface area contributed by atoms with Crippen molar-refractivity contribution < 1.29 is 13.9 Å².